The lowest BCUT2D eigenvalue weighted by Gasteiger charge is -2.14. The number of halogens is 1. The van der Waals surface area contributed by atoms with Crippen molar-refractivity contribution in [3.63, 3.8) is 0 Å². The third-order valence-electron chi connectivity index (χ3n) is 3.36. The molecule has 2 rings (SSSR count). The number of ether oxygens (including phenoxy) is 2. The van der Waals surface area contributed by atoms with Gasteiger partial charge in [0.1, 0.15) is 11.9 Å². The highest BCUT2D eigenvalue weighted by Gasteiger charge is 2.13. The van der Waals surface area contributed by atoms with Crippen molar-refractivity contribution in [3.05, 3.63) is 64.7 Å². The third kappa shape index (κ3) is 5.58. The summed E-state index contributed by atoms with van der Waals surface area (Å²) in [5, 5.41) is 3.49. The Bertz CT molecular complexity index is 660. The quantitative estimate of drug-likeness (QED) is 0.842. The molecule has 1 N–H and O–H groups in total. The predicted molar refractivity (Wildman–Crippen MR) is 90.5 cm³/mol. The first-order chi connectivity index (χ1) is 11.1. The Morgan fingerprint density at radius 3 is 2.65 bits per heavy atom. The number of amides is 1. The molecule has 5 heteroatoms. The molecule has 2 aromatic carbocycles. The van der Waals surface area contributed by atoms with Crippen molar-refractivity contribution in [3.8, 4) is 5.75 Å². The average molecular weight is 334 g/mol. The summed E-state index contributed by atoms with van der Waals surface area (Å²) in [5.41, 5.74) is 1.91. The summed E-state index contributed by atoms with van der Waals surface area (Å²) >= 11 is 5.92. The predicted octanol–water partition coefficient (Wildman–Crippen LogP) is 3.57. The van der Waals surface area contributed by atoms with E-state index in [1.54, 1.807) is 20.1 Å². The van der Waals surface area contributed by atoms with Gasteiger partial charge >= 0.3 is 0 Å². The number of methoxy groups -OCH3 is 1. The lowest BCUT2D eigenvalue weighted by molar-refractivity contribution is -0.132. The molecule has 1 unspecified atom stereocenters. The van der Waals surface area contributed by atoms with E-state index in [0.717, 1.165) is 16.9 Å². The highest BCUT2D eigenvalue weighted by molar-refractivity contribution is 6.30. The van der Waals surface area contributed by atoms with Crippen molar-refractivity contribution in [2.75, 3.05) is 7.11 Å². The van der Waals surface area contributed by atoms with Crippen LogP contribution < -0.4 is 10.1 Å². The number of rotatable bonds is 7. The molecule has 122 valence electrons. The zero-order chi connectivity index (χ0) is 16.7. The number of hydrogen-bond acceptors (Lipinski definition) is 3. The van der Waals surface area contributed by atoms with Crippen LogP contribution in [0.5, 0.6) is 5.75 Å². The topological polar surface area (TPSA) is 47.6 Å². The van der Waals surface area contributed by atoms with Gasteiger partial charge in [-0.1, -0.05) is 35.9 Å². The Labute approximate surface area is 141 Å². The fourth-order valence-electron chi connectivity index (χ4n) is 2.04. The minimum atomic E-state index is -0.541. The number of carbonyl (C=O) groups is 1. The summed E-state index contributed by atoms with van der Waals surface area (Å²) in [5.74, 6) is 0.608. The second kappa shape index (κ2) is 8.56. The van der Waals surface area contributed by atoms with Crippen LogP contribution in [-0.4, -0.2) is 19.1 Å². The number of hydrogen-bond donors (Lipinski definition) is 1. The maximum atomic E-state index is 12.1. The summed E-state index contributed by atoms with van der Waals surface area (Å²) in [7, 11) is 1.62. The molecular formula is C18H20ClNO3. The number of benzene rings is 2. The molecule has 0 spiro atoms. The van der Waals surface area contributed by atoms with E-state index in [4.69, 9.17) is 21.1 Å². The summed E-state index contributed by atoms with van der Waals surface area (Å²) in [4.78, 5) is 12.1. The standard InChI is InChI=1S/C18H20ClNO3/c1-13(23-12-15-6-4-8-17(10-15)22-2)18(21)20-11-14-5-3-7-16(19)9-14/h3-10,13H,11-12H2,1-2H3,(H,20,21). The van der Waals surface area contributed by atoms with Crippen LogP contribution in [0, 0.1) is 0 Å². The van der Waals surface area contributed by atoms with Crippen LogP contribution in [0.25, 0.3) is 0 Å². The van der Waals surface area contributed by atoms with E-state index >= 15 is 0 Å². The molecule has 0 aliphatic carbocycles. The molecule has 23 heavy (non-hydrogen) atoms. The second-order valence-corrected chi connectivity index (χ2v) is 5.59. The van der Waals surface area contributed by atoms with Crippen molar-refractivity contribution in [1.82, 2.24) is 5.32 Å². The maximum absolute atomic E-state index is 12.1. The van der Waals surface area contributed by atoms with Gasteiger partial charge in [0.15, 0.2) is 0 Å². The van der Waals surface area contributed by atoms with Crippen LogP contribution in [0.1, 0.15) is 18.1 Å². The first-order valence-corrected chi connectivity index (χ1v) is 7.73. The van der Waals surface area contributed by atoms with E-state index in [2.05, 4.69) is 5.32 Å². The average Bonchev–Trinajstić information content (AvgIpc) is 2.57. The zero-order valence-electron chi connectivity index (χ0n) is 13.2. The molecule has 0 radical (unpaired) electrons. The molecule has 0 fully saturated rings. The van der Waals surface area contributed by atoms with E-state index in [1.807, 2.05) is 42.5 Å². The van der Waals surface area contributed by atoms with Crippen molar-refractivity contribution in [2.24, 2.45) is 0 Å². The van der Waals surface area contributed by atoms with Gasteiger partial charge in [0, 0.05) is 11.6 Å². The lowest BCUT2D eigenvalue weighted by Crippen LogP contribution is -2.34. The summed E-state index contributed by atoms with van der Waals surface area (Å²) < 4.78 is 10.8. The van der Waals surface area contributed by atoms with Gasteiger partial charge < -0.3 is 14.8 Å². The van der Waals surface area contributed by atoms with E-state index in [9.17, 15) is 4.79 Å². The van der Waals surface area contributed by atoms with Crippen LogP contribution in [0.2, 0.25) is 5.02 Å². The molecule has 0 bridgehead atoms. The lowest BCUT2D eigenvalue weighted by atomic mass is 10.2. The van der Waals surface area contributed by atoms with Crippen LogP contribution in [0.4, 0.5) is 0 Å². The Morgan fingerprint density at radius 1 is 1.17 bits per heavy atom. The summed E-state index contributed by atoms with van der Waals surface area (Å²) in [6.07, 6.45) is -0.541. The molecule has 0 aliphatic heterocycles. The maximum Gasteiger partial charge on any atom is 0.249 e. The van der Waals surface area contributed by atoms with Gasteiger partial charge in [0.05, 0.1) is 13.7 Å². The Kier molecular flexibility index (Phi) is 6.44. The van der Waals surface area contributed by atoms with Crippen LogP contribution in [-0.2, 0) is 22.7 Å². The van der Waals surface area contributed by atoms with E-state index in [-0.39, 0.29) is 5.91 Å². The van der Waals surface area contributed by atoms with Crippen molar-refractivity contribution in [1.29, 1.82) is 0 Å². The fourth-order valence-corrected chi connectivity index (χ4v) is 2.25. The van der Waals surface area contributed by atoms with Gasteiger partial charge in [-0.15, -0.1) is 0 Å². The molecule has 2 aromatic rings. The van der Waals surface area contributed by atoms with Crippen LogP contribution >= 0.6 is 11.6 Å². The van der Waals surface area contributed by atoms with Crippen molar-refractivity contribution in [2.45, 2.75) is 26.2 Å². The van der Waals surface area contributed by atoms with Crippen LogP contribution in [0.3, 0.4) is 0 Å². The highest BCUT2D eigenvalue weighted by Crippen LogP contribution is 2.14. The minimum absolute atomic E-state index is 0.159. The first-order valence-electron chi connectivity index (χ1n) is 7.35. The smallest absolute Gasteiger partial charge is 0.249 e. The molecule has 0 saturated carbocycles. The van der Waals surface area contributed by atoms with E-state index in [1.165, 1.54) is 0 Å². The van der Waals surface area contributed by atoms with Gasteiger partial charge in [-0.2, -0.15) is 0 Å². The first kappa shape index (κ1) is 17.3. The molecule has 0 heterocycles. The summed E-state index contributed by atoms with van der Waals surface area (Å²) in [6, 6.07) is 15.0. The molecular weight excluding hydrogens is 314 g/mol. The van der Waals surface area contributed by atoms with Crippen molar-refractivity contribution >= 4 is 17.5 Å². The Hall–Kier alpha value is -2.04. The third-order valence-corrected chi connectivity index (χ3v) is 3.59. The molecule has 1 atom stereocenters. The van der Waals surface area contributed by atoms with Gasteiger partial charge in [-0.25, -0.2) is 0 Å². The molecule has 0 saturated heterocycles. The van der Waals surface area contributed by atoms with Crippen molar-refractivity contribution < 1.29 is 14.3 Å². The number of carbonyl (C=O) groups excluding carboxylic acids is 1. The van der Waals surface area contributed by atoms with Gasteiger partial charge in [-0.3, -0.25) is 4.79 Å². The van der Waals surface area contributed by atoms with Gasteiger partial charge in [-0.05, 0) is 42.3 Å². The summed E-state index contributed by atoms with van der Waals surface area (Å²) in [6.45, 7) is 2.50. The highest BCUT2D eigenvalue weighted by atomic mass is 35.5. The monoisotopic (exact) mass is 333 g/mol. The minimum Gasteiger partial charge on any atom is -0.497 e. The van der Waals surface area contributed by atoms with Gasteiger partial charge in [0.25, 0.3) is 0 Å². The van der Waals surface area contributed by atoms with Gasteiger partial charge in [0.2, 0.25) is 5.91 Å². The largest absolute Gasteiger partial charge is 0.497 e. The Balaban J connectivity index is 1.80. The van der Waals surface area contributed by atoms with E-state index in [0.29, 0.717) is 18.2 Å². The molecule has 0 aromatic heterocycles. The number of nitrogens with one attached hydrogen (secondary N) is 1. The fraction of sp³-hybridized carbons (Fsp3) is 0.278. The molecule has 1 amide bonds. The SMILES string of the molecule is COc1cccc(COC(C)C(=O)NCc2cccc(Cl)c2)c1. The Morgan fingerprint density at radius 2 is 1.91 bits per heavy atom. The second-order valence-electron chi connectivity index (χ2n) is 5.15. The zero-order valence-corrected chi connectivity index (χ0v) is 14.0. The van der Waals surface area contributed by atoms with Crippen LogP contribution in [0.15, 0.2) is 48.5 Å². The molecule has 0 aliphatic rings. The molecule has 4 nitrogen and oxygen atoms in total. The van der Waals surface area contributed by atoms with E-state index < -0.39 is 6.10 Å². The normalized spacial score (nSPS) is 11.8.